The Hall–Kier alpha value is -1.10. The second-order valence-corrected chi connectivity index (χ2v) is 6.47. The Morgan fingerprint density at radius 3 is 2.14 bits per heavy atom. The normalized spacial score (nSPS) is 27.4. The summed E-state index contributed by atoms with van der Waals surface area (Å²) in [6.45, 7) is 6.48. The van der Waals surface area contributed by atoms with Crippen molar-refractivity contribution in [3.05, 3.63) is 0 Å². The minimum atomic E-state index is 0.119. The lowest BCUT2D eigenvalue weighted by Gasteiger charge is -2.36. The van der Waals surface area contributed by atoms with Crippen LogP contribution in [-0.2, 0) is 9.59 Å². The molecule has 0 aromatic carbocycles. The number of carbonyl (C=O) groups is 2. The van der Waals surface area contributed by atoms with Crippen LogP contribution in [0.15, 0.2) is 0 Å². The first-order valence-electron chi connectivity index (χ1n) is 8.36. The second-order valence-electron chi connectivity index (χ2n) is 6.47. The number of hydrogen-bond donors (Lipinski definition) is 1. The Labute approximate surface area is 128 Å². The number of carbonyl (C=O) groups excluding carboxylic acids is 2. The Morgan fingerprint density at radius 2 is 1.57 bits per heavy atom. The predicted octanol–water partition coefficient (Wildman–Crippen LogP) is 1.09. The van der Waals surface area contributed by atoms with Crippen molar-refractivity contribution in [1.29, 1.82) is 0 Å². The van der Waals surface area contributed by atoms with Crippen molar-refractivity contribution in [1.82, 2.24) is 15.1 Å². The summed E-state index contributed by atoms with van der Waals surface area (Å²) in [5.74, 6) is 0.759. The van der Waals surface area contributed by atoms with Gasteiger partial charge < -0.3 is 15.1 Å². The minimum absolute atomic E-state index is 0.119. The van der Waals surface area contributed by atoms with E-state index in [1.54, 1.807) is 0 Å². The molecule has 2 fully saturated rings. The monoisotopic (exact) mass is 295 g/mol. The molecule has 1 saturated carbocycles. The predicted molar refractivity (Wildman–Crippen MR) is 82.8 cm³/mol. The van der Waals surface area contributed by atoms with Crippen molar-refractivity contribution in [3.63, 3.8) is 0 Å². The molecule has 1 heterocycles. The van der Waals surface area contributed by atoms with E-state index >= 15 is 0 Å². The molecule has 5 nitrogen and oxygen atoms in total. The zero-order chi connectivity index (χ0) is 15.2. The highest BCUT2D eigenvalue weighted by Gasteiger charge is 2.32. The quantitative estimate of drug-likeness (QED) is 0.845. The highest BCUT2D eigenvalue weighted by atomic mass is 16.2. The Bertz CT molecular complexity index is 357. The van der Waals surface area contributed by atoms with E-state index in [1.165, 1.54) is 0 Å². The summed E-state index contributed by atoms with van der Waals surface area (Å²) in [5, 5.41) is 2.97. The van der Waals surface area contributed by atoms with Crippen LogP contribution < -0.4 is 5.32 Å². The van der Waals surface area contributed by atoms with Gasteiger partial charge in [-0.25, -0.2) is 0 Å². The van der Waals surface area contributed by atoms with Crippen molar-refractivity contribution < 1.29 is 9.59 Å². The lowest BCUT2D eigenvalue weighted by Crippen LogP contribution is -2.49. The van der Waals surface area contributed by atoms with Crippen LogP contribution in [0.25, 0.3) is 0 Å². The zero-order valence-electron chi connectivity index (χ0n) is 13.4. The summed E-state index contributed by atoms with van der Waals surface area (Å²) in [4.78, 5) is 28.8. The van der Waals surface area contributed by atoms with E-state index in [2.05, 4.69) is 24.2 Å². The van der Waals surface area contributed by atoms with E-state index in [9.17, 15) is 9.59 Å². The first kappa shape index (κ1) is 16.3. The standard InChI is InChI=1S/C16H29N3O2/c1-3-8-17-15(20)13-4-6-14(7-5-13)16(21)19-11-9-18(2)10-12-19/h13-14H,3-12H2,1-2H3,(H,17,20). The molecule has 120 valence electrons. The average Bonchev–Trinajstić information content (AvgIpc) is 2.53. The first-order valence-corrected chi connectivity index (χ1v) is 8.36. The van der Waals surface area contributed by atoms with Crippen molar-refractivity contribution in [3.8, 4) is 0 Å². The molecule has 1 aliphatic carbocycles. The number of hydrogen-bond acceptors (Lipinski definition) is 3. The average molecular weight is 295 g/mol. The van der Waals surface area contributed by atoms with Gasteiger partial charge in [0.15, 0.2) is 0 Å². The van der Waals surface area contributed by atoms with Crippen LogP contribution in [0.1, 0.15) is 39.0 Å². The van der Waals surface area contributed by atoms with Gasteiger partial charge in [0.25, 0.3) is 0 Å². The lowest BCUT2D eigenvalue weighted by atomic mass is 9.81. The molecule has 1 N–H and O–H groups in total. The number of nitrogens with zero attached hydrogens (tertiary/aromatic N) is 2. The van der Waals surface area contributed by atoms with Gasteiger partial charge in [0, 0.05) is 44.6 Å². The molecule has 0 radical (unpaired) electrons. The summed E-state index contributed by atoms with van der Waals surface area (Å²) >= 11 is 0. The van der Waals surface area contributed by atoms with Gasteiger partial charge >= 0.3 is 0 Å². The molecule has 21 heavy (non-hydrogen) atoms. The van der Waals surface area contributed by atoms with Crippen molar-refractivity contribution >= 4 is 11.8 Å². The fourth-order valence-electron chi connectivity index (χ4n) is 3.28. The van der Waals surface area contributed by atoms with Crippen LogP contribution in [0.4, 0.5) is 0 Å². The Morgan fingerprint density at radius 1 is 1.00 bits per heavy atom. The summed E-state index contributed by atoms with van der Waals surface area (Å²) in [6, 6.07) is 0. The number of piperazine rings is 1. The summed E-state index contributed by atoms with van der Waals surface area (Å²) in [6.07, 6.45) is 4.44. The largest absolute Gasteiger partial charge is 0.356 e. The smallest absolute Gasteiger partial charge is 0.225 e. The molecule has 1 saturated heterocycles. The third-order valence-electron chi connectivity index (χ3n) is 4.81. The SMILES string of the molecule is CCCNC(=O)C1CCC(C(=O)N2CCN(C)CC2)CC1. The fraction of sp³-hybridized carbons (Fsp3) is 0.875. The van der Waals surface area contributed by atoms with Crippen LogP contribution in [0, 0.1) is 11.8 Å². The van der Waals surface area contributed by atoms with Gasteiger partial charge in [-0.1, -0.05) is 6.92 Å². The highest BCUT2D eigenvalue weighted by Crippen LogP contribution is 2.30. The third-order valence-corrected chi connectivity index (χ3v) is 4.81. The Kier molecular flexibility index (Phi) is 6.03. The summed E-state index contributed by atoms with van der Waals surface area (Å²) < 4.78 is 0. The third kappa shape index (κ3) is 4.43. The molecule has 0 aromatic heterocycles. The first-order chi connectivity index (χ1) is 10.1. The van der Waals surface area contributed by atoms with E-state index in [4.69, 9.17) is 0 Å². The molecular weight excluding hydrogens is 266 g/mol. The van der Waals surface area contributed by atoms with E-state index in [0.29, 0.717) is 5.91 Å². The zero-order valence-corrected chi connectivity index (χ0v) is 13.4. The molecular formula is C16H29N3O2. The van der Waals surface area contributed by atoms with Crippen LogP contribution in [0.2, 0.25) is 0 Å². The second kappa shape index (κ2) is 7.78. The molecule has 5 heteroatoms. The van der Waals surface area contributed by atoms with Crippen LogP contribution in [0.3, 0.4) is 0 Å². The van der Waals surface area contributed by atoms with E-state index < -0.39 is 0 Å². The maximum absolute atomic E-state index is 12.5. The van der Waals surface area contributed by atoms with Crippen molar-refractivity contribution in [2.75, 3.05) is 39.8 Å². The van der Waals surface area contributed by atoms with Gasteiger partial charge in [0.1, 0.15) is 0 Å². The summed E-state index contributed by atoms with van der Waals surface area (Å²) in [7, 11) is 2.10. The number of rotatable bonds is 4. The number of likely N-dealkylation sites (N-methyl/N-ethyl adjacent to an activating group) is 1. The van der Waals surface area contributed by atoms with Crippen LogP contribution in [0.5, 0.6) is 0 Å². The van der Waals surface area contributed by atoms with Gasteiger partial charge in [0.2, 0.25) is 11.8 Å². The van der Waals surface area contributed by atoms with Gasteiger partial charge in [0.05, 0.1) is 0 Å². The van der Waals surface area contributed by atoms with Crippen LogP contribution >= 0.6 is 0 Å². The van der Waals surface area contributed by atoms with Crippen molar-refractivity contribution in [2.24, 2.45) is 11.8 Å². The lowest BCUT2D eigenvalue weighted by molar-refractivity contribution is -0.139. The van der Waals surface area contributed by atoms with Crippen molar-refractivity contribution in [2.45, 2.75) is 39.0 Å². The molecule has 0 atom stereocenters. The number of nitrogens with one attached hydrogen (secondary N) is 1. The molecule has 2 aliphatic rings. The van der Waals surface area contributed by atoms with E-state index in [-0.39, 0.29) is 17.7 Å². The number of amides is 2. The van der Waals surface area contributed by atoms with E-state index in [0.717, 1.165) is 64.8 Å². The van der Waals surface area contributed by atoms with Gasteiger partial charge in [-0.3, -0.25) is 9.59 Å². The molecule has 1 aliphatic heterocycles. The molecule has 2 rings (SSSR count). The maximum atomic E-state index is 12.5. The summed E-state index contributed by atoms with van der Waals surface area (Å²) in [5.41, 5.74) is 0. The van der Waals surface area contributed by atoms with Gasteiger partial charge in [-0.2, -0.15) is 0 Å². The molecule has 0 aromatic rings. The highest BCUT2D eigenvalue weighted by molar-refractivity contribution is 5.81. The van der Waals surface area contributed by atoms with Gasteiger partial charge in [-0.05, 0) is 39.2 Å². The van der Waals surface area contributed by atoms with Crippen LogP contribution in [-0.4, -0.2) is 61.4 Å². The topological polar surface area (TPSA) is 52.7 Å². The molecule has 2 amide bonds. The Balaban J connectivity index is 1.75. The maximum Gasteiger partial charge on any atom is 0.225 e. The molecule has 0 unspecified atom stereocenters. The van der Waals surface area contributed by atoms with E-state index in [1.807, 2.05) is 4.90 Å². The fourth-order valence-corrected chi connectivity index (χ4v) is 3.28. The molecule has 0 spiro atoms. The minimum Gasteiger partial charge on any atom is -0.356 e. The van der Waals surface area contributed by atoms with Gasteiger partial charge in [-0.15, -0.1) is 0 Å². The molecule has 0 bridgehead atoms.